The Morgan fingerprint density at radius 3 is 2.62 bits per heavy atom. The van der Waals surface area contributed by atoms with Crippen molar-refractivity contribution in [1.29, 1.82) is 0 Å². The highest BCUT2D eigenvalue weighted by molar-refractivity contribution is 5.83. The Bertz CT molecular complexity index is 911. The molecule has 4 nitrogen and oxygen atoms in total. The van der Waals surface area contributed by atoms with Crippen LogP contribution in [0.15, 0.2) is 66.2 Å². The summed E-state index contributed by atoms with van der Waals surface area (Å²) < 4.78 is 6.85. The molecule has 0 amide bonds. The zero-order valence-corrected chi connectivity index (χ0v) is 13.7. The maximum absolute atomic E-state index is 12.5. The van der Waals surface area contributed by atoms with Crippen LogP contribution in [-0.4, -0.2) is 16.7 Å². The van der Waals surface area contributed by atoms with Gasteiger partial charge in [-0.1, -0.05) is 24.3 Å². The number of ether oxygens (including phenoxy) is 1. The monoisotopic (exact) mass is 320 g/mol. The first-order valence-electron chi connectivity index (χ1n) is 7.97. The number of hydrogen-bond donors (Lipinski definition) is 0. The van der Waals surface area contributed by atoms with Crippen LogP contribution in [0.4, 0.5) is 0 Å². The lowest BCUT2D eigenvalue weighted by Gasteiger charge is -2.08. The second-order valence-electron chi connectivity index (χ2n) is 5.63. The fourth-order valence-electron chi connectivity index (χ4n) is 2.69. The number of benzene rings is 2. The molecular formula is C20H20N2O2. The molecule has 24 heavy (non-hydrogen) atoms. The van der Waals surface area contributed by atoms with Crippen LogP contribution in [0, 0.1) is 0 Å². The minimum absolute atomic E-state index is 0.00495. The van der Waals surface area contributed by atoms with E-state index in [0.29, 0.717) is 17.4 Å². The number of hydrogen-bond acceptors (Lipinski definition) is 3. The second kappa shape index (κ2) is 7.13. The van der Waals surface area contributed by atoms with Gasteiger partial charge >= 0.3 is 0 Å². The average molecular weight is 320 g/mol. The normalized spacial score (nSPS) is 10.7. The maximum atomic E-state index is 12.5. The molecule has 2 aromatic carbocycles. The number of fused-ring (bicyclic) bond motifs is 1. The number of allylic oxidation sites excluding steroid dienone is 1. The van der Waals surface area contributed by atoms with Crippen LogP contribution in [0.2, 0.25) is 0 Å². The molecule has 3 rings (SSSR count). The maximum Gasteiger partial charge on any atom is 0.261 e. The number of methoxy groups -OCH3 is 1. The van der Waals surface area contributed by atoms with Gasteiger partial charge in [0, 0.05) is 6.54 Å². The van der Waals surface area contributed by atoms with Gasteiger partial charge < -0.3 is 4.74 Å². The molecule has 0 fully saturated rings. The first-order chi connectivity index (χ1) is 11.7. The Labute approximate surface area is 141 Å². The zero-order chi connectivity index (χ0) is 16.9. The van der Waals surface area contributed by atoms with Gasteiger partial charge in [0.2, 0.25) is 0 Å². The number of aromatic nitrogens is 2. The zero-order valence-electron chi connectivity index (χ0n) is 13.7. The van der Waals surface area contributed by atoms with E-state index in [1.165, 1.54) is 0 Å². The minimum Gasteiger partial charge on any atom is -0.497 e. The van der Waals surface area contributed by atoms with Gasteiger partial charge in [0.1, 0.15) is 5.75 Å². The second-order valence-corrected chi connectivity index (χ2v) is 5.63. The van der Waals surface area contributed by atoms with Crippen molar-refractivity contribution < 1.29 is 4.74 Å². The highest BCUT2D eigenvalue weighted by atomic mass is 16.5. The van der Waals surface area contributed by atoms with Crippen LogP contribution in [0.1, 0.15) is 12.8 Å². The van der Waals surface area contributed by atoms with Crippen molar-refractivity contribution in [3.05, 3.63) is 71.8 Å². The van der Waals surface area contributed by atoms with E-state index >= 15 is 0 Å². The highest BCUT2D eigenvalue weighted by Crippen LogP contribution is 2.24. The van der Waals surface area contributed by atoms with Crippen LogP contribution in [0.3, 0.4) is 0 Å². The Hall–Kier alpha value is -2.88. The predicted molar refractivity (Wildman–Crippen MR) is 97.4 cm³/mol. The molecule has 1 heterocycles. The van der Waals surface area contributed by atoms with Crippen LogP contribution in [0.5, 0.6) is 5.75 Å². The third-order valence-corrected chi connectivity index (χ3v) is 4.06. The highest BCUT2D eigenvalue weighted by Gasteiger charge is 2.06. The standard InChI is InChI=1S/C20H20N2O2/c1-3-4-5-12-22-14-21-19-13-16(8-11-18(19)20(22)23)15-6-9-17(24-2)10-7-15/h3,6-11,13-14H,1,4-5,12H2,2H3. The van der Waals surface area contributed by atoms with Crippen LogP contribution >= 0.6 is 0 Å². The molecule has 0 spiro atoms. The van der Waals surface area contributed by atoms with Gasteiger partial charge in [0.05, 0.1) is 24.3 Å². The van der Waals surface area contributed by atoms with Crippen LogP contribution < -0.4 is 10.3 Å². The van der Waals surface area contributed by atoms with E-state index in [0.717, 1.165) is 29.7 Å². The first kappa shape index (κ1) is 16.0. The van der Waals surface area contributed by atoms with Gasteiger partial charge in [-0.15, -0.1) is 6.58 Å². The van der Waals surface area contributed by atoms with Crippen molar-refractivity contribution in [2.24, 2.45) is 0 Å². The molecule has 0 saturated carbocycles. The fraction of sp³-hybridized carbons (Fsp3) is 0.200. The number of unbranched alkanes of at least 4 members (excludes halogenated alkanes) is 1. The fourth-order valence-corrected chi connectivity index (χ4v) is 2.69. The molecule has 122 valence electrons. The van der Waals surface area contributed by atoms with Gasteiger partial charge in [-0.05, 0) is 48.2 Å². The SMILES string of the molecule is C=CCCCn1cnc2cc(-c3ccc(OC)cc3)ccc2c1=O. The summed E-state index contributed by atoms with van der Waals surface area (Å²) in [5.74, 6) is 0.820. The van der Waals surface area contributed by atoms with Crippen molar-refractivity contribution in [3.63, 3.8) is 0 Å². The number of aryl methyl sites for hydroxylation is 1. The summed E-state index contributed by atoms with van der Waals surface area (Å²) in [5, 5.41) is 0.647. The number of nitrogens with zero attached hydrogens (tertiary/aromatic N) is 2. The van der Waals surface area contributed by atoms with E-state index in [9.17, 15) is 4.79 Å². The van der Waals surface area contributed by atoms with Gasteiger partial charge in [-0.25, -0.2) is 4.98 Å². The summed E-state index contributed by atoms with van der Waals surface area (Å²) in [6.45, 7) is 4.36. The molecule has 0 aliphatic carbocycles. The van der Waals surface area contributed by atoms with E-state index in [1.54, 1.807) is 18.0 Å². The molecule has 0 aliphatic rings. The molecule has 1 aromatic heterocycles. The molecule has 0 N–H and O–H groups in total. The molecule has 0 saturated heterocycles. The van der Waals surface area contributed by atoms with Gasteiger partial charge in [-0.2, -0.15) is 0 Å². The molecule has 0 unspecified atom stereocenters. The Balaban J connectivity index is 1.95. The van der Waals surface area contributed by atoms with Crippen LogP contribution in [0.25, 0.3) is 22.0 Å². The van der Waals surface area contributed by atoms with Crippen molar-refractivity contribution >= 4 is 10.9 Å². The molecule has 0 bridgehead atoms. The van der Waals surface area contributed by atoms with E-state index in [4.69, 9.17) is 4.74 Å². The minimum atomic E-state index is 0.00495. The lowest BCUT2D eigenvalue weighted by molar-refractivity contribution is 0.415. The van der Waals surface area contributed by atoms with Gasteiger partial charge in [0.25, 0.3) is 5.56 Å². The first-order valence-corrected chi connectivity index (χ1v) is 7.97. The van der Waals surface area contributed by atoms with Crippen molar-refractivity contribution in [3.8, 4) is 16.9 Å². The van der Waals surface area contributed by atoms with Gasteiger partial charge in [0.15, 0.2) is 0 Å². The largest absolute Gasteiger partial charge is 0.497 e. The van der Waals surface area contributed by atoms with E-state index in [2.05, 4.69) is 11.6 Å². The summed E-state index contributed by atoms with van der Waals surface area (Å²) in [4.78, 5) is 17.0. The number of rotatable bonds is 6. The van der Waals surface area contributed by atoms with E-state index in [1.807, 2.05) is 48.5 Å². The quantitative estimate of drug-likeness (QED) is 0.508. The van der Waals surface area contributed by atoms with Crippen molar-refractivity contribution in [2.75, 3.05) is 7.11 Å². The molecular weight excluding hydrogens is 300 g/mol. The lowest BCUT2D eigenvalue weighted by Crippen LogP contribution is -2.20. The average Bonchev–Trinajstić information content (AvgIpc) is 2.63. The van der Waals surface area contributed by atoms with E-state index in [-0.39, 0.29) is 5.56 Å². The predicted octanol–water partition coefficient (Wildman–Crippen LogP) is 4.04. The third kappa shape index (κ3) is 3.23. The van der Waals surface area contributed by atoms with E-state index < -0.39 is 0 Å². The summed E-state index contributed by atoms with van der Waals surface area (Å²) in [6, 6.07) is 13.6. The Morgan fingerprint density at radius 2 is 1.92 bits per heavy atom. The van der Waals surface area contributed by atoms with Crippen molar-refractivity contribution in [1.82, 2.24) is 9.55 Å². The third-order valence-electron chi connectivity index (χ3n) is 4.06. The van der Waals surface area contributed by atoms with Gasteiger partial charge in [-0.3, -0.25) is 9.36 Å². The van der Waals surface area contributed by atoms with Crippen molar-refractivity contribution in [2.45, 2.75) is 19.4 Å². The molecule has 0 atom stereocenters. The molecule has 3 aromatic rings. The molecule has 4 heteroatoms. The Morgan fingerprint density at radius 1 is 1.17 bits per heavy atom. The smallest absolute Gasteiger partial charge is 0.261 e. The summed E-state index contributed by atoms with van der Waals surface area (Å²) in [7, 11) is 1.65. The topological polar surface area (TPSA) is 44.1 Å². The molecule has 0 aliphatic heterocycles. The summed E-state index contributed by atoms with van der Waals surface area (Å²) >= 11 is 0. The van der Waals surface area contributed by atoms with Crippen LogP contribution in [-0.2, 0) is 6.54 Å². The lowest BCUT2D eigenvalue weighted by atomic mass is 10.0. The summed E-state index contributed by atoms with van der Waals surface area (Å²) in [5.41, 5.74) is 2.81. The summed E-state index contributed by atoms with van der Waals surface area (Å²) in [6.07, 6.45) is 5.27. The Kier molecular flexibility index (Phi) is 4.75. The molecule has 0 radical (unpaired) electrons.